The van der Waals surface area contributed by atoms with Crippen LogP contribution in [0.25, 0.3) is 5.69 Å². The molecule has 0 unspecified atom stereocenters. The Hall–Kier alpha value is -2.54. The SMILES string of the molecule is Cc1nc(NC(=O)c2cnn(-c3ccccc3F)c2C)sc1C. The molecule has 118 valence electrons. The van der Waals surface area contributed by atoms with Crippen LogP contribution in [-0.4, -0.2) is 20.7 Å². The van der Waals surface area contributed by atoms with E-state index in [-0.39, 0.29) is 5.91 Å². The largest absolute Gasteiger partial charge is 0.298 e. The zero-order valence-electron chi connectivity index (χ0n) is 12.9. The summed E-state index contributed by atoms with van der Waals surface area (Å²) in [5, 5.41) is 7.44. The van der Waals surface area contributed by atoms with Crippen LogP contribution < -0.4 is 5.32 Å². The van der Waals surface area contributed by atoms with Gasteiger partial charge < -0.3 is 0 Å². The molecule has 1 N–H and O–H groups in total. The Balaban J connectivity index is 1.90. The number of thiazole rings is 1. The Labute approximate surface area is 136 Å². The number of carbonyl (C=O) groups excluding carboxylic acids is 1. The first-order valence-electron chi connectivity index (χ1n) is 7.02. The highest BCUT2D eigenvalue weighted by Crippen LogP contribution is 2.23. The topological polar surface area (TPSA) is 59.8 Å². The second-order valence-electron chi connectivity index (χ2n) is 5.12. The van der Waals surface area contributed by atoms with E-state index < -0.39 is 5.82 Å². The summed E-state index contributed by atoms with van der Waals surface area (Å²) in [5.41, 5.74) is 2.16. The summed E-state index contributed by atoms with van der Waals surface area (Å²) < 4.78 is 15.3. The van der Waals surface area contributed by atoms with E-state index in [1.54, 1.807) is 25.1 Å². The molecule has 1 aromatic carbocycles. The summed E-state index contributed by atoms with van der Waals surface area (Å²) in [4.78, 5) is 17.7. The molecule has 23 heavy (non-hydrogen) atoms. The van der Waals surface area contributed by atoms with Crippen LogP contribution in [0.3, 0.4) is 0 Å². The number of para-hydroxylation sites is 1. The number of hydrogen-bond donors (Lipinski definition) is 1. The third-order valence-electron chi connectivity index (χ3n) is 3.58. The van der Waals surface area contributed by atoms with E-state index in [1.807, 2.05) is 13.8 Å². The number of benzene rings is 1. The maximum absolute atomic E-state index is 13.9. The van der Waals surface area contributed by atoms with Gasteiger partial charge in [-0.3, -0.25) is 10.1 Å². The molecule has 3 rings (SSSR count). The Bertz CT molecular complexity index is 865. The van der Waals surface area contributed by atoms with E-state index in [1.165, 1.54) is 28.3 Å². The number of nitrogens with zero attached hydrogens (tertiary/aromatic N) is 3. The van der Waals surface area contributed by atoms with Gasteiger partial charge in [0.2, 0.25) is 0 Å². The van der Waals surface area contributed by atoms with Gasteiger partial charge >= 0.3 is 0 Å². The van der Waals surface area contributed by atoms with Crippen LogP contribution in [0.5, 0.6) is 0 Å². The number of aromatic nitrogens is 3. The number of hydrogen-bond acceptors (Lipinski definition) is 4. The third kappa shape index (κ3) is 2.87. The van der Waals surface area contributed by atoms with Crippen LogP contribution in [0.15, 0.2) is 30.5 Å². The lowest BCUT2D eigenvalue weighted by Gasteiger charge is -2.06. The van der Waals surface area contributed by atoms with Gasteiger partial charge in [0.1, 0.15) is 11.5 Å². The van der Waals surface area contributed by atoms with Crippen molar-refractivity contribution in [2.24, 2.45) is 0 Å². The normalized spacial score (nSPS) is 10.8. The molecule has 2 heterocycles. The fourth-order valence-corrected chi connectivity index (χ4v) is 3.00. The molecule has 7 heteroatoms. The third-order valence-corrected chi connectivity index (χ3v) is 4.57. The zero-order valence-corrected chi connectivity index (χ0v) is 13.7. The van der Waals surface area contributed by atoms with E-state index in [9.17, 15) is 9.18 Å². The van der Waals surface area contributed by atoms with Gasteiger partial charge in [0.15, 0.2) is 5.13 Å². The maximum atomic E-state index is 13.9. The number of carbonyl (C=O) groups is 1. The molecular formula is C16H15FN4OS. The number of rotatable bonds is 3. The molecule has 3 aromatic rings. The van der Waals surface area contributed by atoms with Crippen LogP contribution in [0, 0.1) is 26.6 Å². The number of nitrogens with one attached hydrogen (secondary N) is 1. The molecule has 5 nitrogen and oxygen atoms in total. The summed E-state index contributed by atoms with van der Waals surface area (Å²) in [6.07, 6.45) is 1.43. The average molecular weight is 330 g/mol. The van der Waals surface area contributed by atoms with Gasteiger partial charge in [0.05, 0.1) is 23.1 Å². The van der Waals surface area contributed by atoms with Crippen LogP contribution in [0.1, 0.15) is 26.6 Å². The minimum absolute atomic E-state index is 0.307. The lowest BCUT2D eigenvalue weighted by molar-refractivity contribution is 0.102. The smallest absolute Gasteiger partial charge is 0.260 e. The molecule has 0 radical (unpaired) electrons. The molecule has 0 spiro atoms. The Morgan fingerprint density at radius 1 is 1.26 bits per heavy atom. The molecular weight excluding hydrogens is 315 g/mol. The van der Waals surface area contributed by atoms with Crippen molar-refractivity contribution in [3.63, 3.8) is 0 Å². The number of anilines is 1. The standard InChI is InChI=1S/C16H15FN4OS/c1-9-11(3)23-16(19-9)20-15(22)12-8-18-21(10(12)2)14-7-5-4-6-13(14)17/h4-8H,1-3H3,(H,19,20,22). The monoisotopic (exact) mass is 330 g/mol. The van der Waals surface area contributed by atoms with Crippen molar-refractivity contribution in [3.05, 3.63) is 58.1 Å². The van der Waals surface area contributed by atoms with Gasteiger partial charge in [-0.15, -0.1) is 11.3 Å². The molecule has 0 saturated carbocycles. The second kappa shape index (κ2) is 5.92. The predicted molar refractivity (Wildman–Crippen MR) is 87.8 cm³/mol. The Morgan fingerprint density at radius 3 is 2.65 bits per heavy atom. The van der Waals surface area contributed by atoms with Crippen molar-refractivity contribution in [3.8, 4) is 5.69 Å². The second-order valence-corrected chi connectivity index (χ2v) is 6.32. The number of amides is 1. The lowest BCUT2D eigenvalue weighted by atomic mass is 10.2. The van der Waals surface area contributed by atoms with Crippen molar-refractivity contribution >= 4 is 22.4 Å². The molecule has 2 aromatic heterocycles. The van der Waals surface area contributed by atoms with Gasteiger partial charge in [0, 0.05) is 4.88 Å². The fourth-order valence-electron chi connectivity index (χ4n) is 2.19. The minimum Gasteiger partial charge on any atom is -0.298 e. The summed E-state index contributed by atoms with van der Waals surface area (Å²) >= 11 is 1.42. The minimum atomic E-state index is -0.392. The highest BCUT2D eigenvalue weighted by molar-refractivity contribution is 7.15. The molecule has 0 fully saturated rings. The van der Waals surface area contributed by atoms with Gasteiger partial charge in [-0.2, -0.15) is 5.10 Å². The summed E-state index contributed by atoms with van der Waals surface area (Å²) in [6, 6.07) is 6.31. The van der Waals surface area contributed by atoms with Gasteiger partial charge in [-0.1, -0.05) is 12.1 Å². The molecule has 0 aliphatic heterocycles. The van der Waals surface area contributed by atoms with Crippen LogP contribution >= 0.6 is 11.3 Å². The van der Waals surface area contributed by atoms with E-state index >= 15 is 0 Å². The quantitative estimate of drug-likeness (QED) is 0.797. The van der Waals surface area contributed by atoms with Crippen molar-refractivity contribution in [1.82, 2.24) is 14.8 Å². The van der Waals surface area contributed by atoms with Gasteiger partial charge in [-0.25, -0.2) is 14.1 Å². The molecule has 0 aliphatic carbocycles. The van der Waals surface area contributed by atoms with Crippen molar-refractivity contribution in [2.75, 3.05) is 5.32 Å². The lowest BCUT2D eigenvalue weighted by Crippen LogP contribution is -2.13. The van der Waals surface area contributed by atoms with Gasteiger partial charge in [-0.05, 0) is 32.9 Å². The Morgan fingerprint density at radius 2 is 2.00 bits per heavy atom. The van der Waals surface area contributed by atoms with Crippen molar-refractivity contribution in [2.45, 2.75) is 20.8 Å². The van der Waals surface area contributed by atoms with Gasteiger partial charge in [0.25, 0.3) is 5.91 Å². The molecule has 0 aliphatic rings. The maximum Gasteiger partial charge on any atom is 0.260 e. The molecule has 0 bridgehead atoms. The summed E-state index contributed by atoms with van der Waals surface area (Å²) in [5.74, 6) is -0.698. The van der Waals surface area contributed by atoms with Crippen LogP contribution in [0.4, 0.5) is 9.52 Å². The predicted octanol–water partition coefficient (Wildman–Crippen LogP) is 3.65. The van der Waals surface area contributed by atoms with Crippen LogP contribution in [-0.2, 0) is 0 Å². The van der Waals surface area contributed by atoms with E-state index in [2.05, 4.69) is 15.4 Å². The first kappa shape index (κ1) is 15.4. The fraction of sp³-hybridized carbons (Fsp3) is 0.188. The Kier molecular flexibility index (Phi) is 3.96. The molecule has 0 saturated heterocycles. The first-order chi connectivity index (χ1) is 11.0. The highest BCUT2D eigenvalue weighted by Gasteiger charge is 2.18. The first-order valence-corrected chi connectivity index (χ1v) is 7.84. The van der Waals surface area contributed by atoms with E-state index in [0.29, 0.717) is 22.1 Å². The highest BCUT2D eigenvalue weighted by atomic mass is 32.1. The van der Waals surface area contributed by atoms with E-state index in [0.717, 1.165) is 10.6 Å². The van der Waals surface area contributed by atoms with E-state index in [4.69, 9.17) is 0 Å². The number of halogens is 1. The van der Waals surface area contributed by atoms with Crippen LogP contribution in [0.2, 0.25) is 0 Å². The number of aryl methyl sites for hydroxylation is 2. The average Bonchev–Trinajstić information content (AvgIpc) is 3.03. The summed E-state index contributed by atoms with van der Waals surface area (Å²) in [6.45, 7) is 5.57. The zero-order chi connectivity index (χ0) is 16.6. The molecule has 1 amide bonds. The molecule has 0 atom stereocenters. The summed E-state index contributed by atoms with van der Waals surface area (Å²) in [7, 11) is 0. The van der Waals surface area contributed by atoms with Crippen molar-refractivity contribution < 1.29 is 9.18 Å². The van der Waals surface area contributed by atoms with Crippen molar-refractivity contribution in [1.29, 1.82) is 0 Å².